The highest BCUT2D eigenvalue weighted by Gasteiger charge is 2.34. The lowest BCUT2D eigenvalue weighted by atomic mass is 9.86. The molecule has 0 aromatic heterocycles. The fourth-order valence-corrected chi connectivity index (χ4v) is 5.71. The van der Waals surface area contributed by atoms with Gasteiger partial charge in [-0.1, -0.05) is 19.8 Å². The molecule has 1 saturated heterocycles. The van der Waals surface area contributed by atoms with Crippen molar-refractivity contribution < 1.29 is 27.1 Å². The quantitative estimate of drug-likeness (QED) is 0.668. The van der Waals surface area contributed by atoms with E-state index in [1.54, 1.807) is 6.92 Å². The van der Waals surface area contributed by atoms with Gasteiger partial charge in [-0.15, -0.1) is 0 Å². The maximum Gasteiger partial charge on any atom is 0.309 e. The first kappa shape index (κ1) is 23.7. The Morgan fingerprint density at radius 1 is 1.10 bits per heavy atom. The Morgan fingerprint density at radius 3 is 2.32 bits per heavy atom. The average Bonchev–Trinajstić information content (AvgIpc) is 2.75. The molecule has 9 heteroatoms. The van der Waals surface area contributed by atoms with E-state index in [0.717, 1.165) is 31.4 Å². The second-order valence-corrected chi connectivity index (χ2v) is 10.5. The molecular formula is C22H31FN2O5S. The van der Waals surface area contributed by atoms with Crippen molar-refractivity contribution in [2.75, 3.05) is 13.1 Å². The zero-order valence-electron chi connectivity index (χ0n) is 18.1. The summed E-state index contributed by atoms with van der Waals surface area (Å²) in [6.07, 6.45) is 4.02. The number of benzene rings is 1. The molecular weight excluding hydrogens is 423 g/mol. The second kappa shape index (κ2) is 10.1. The topological polar surface area (TPSA) is 92.8 Å². The van der Waals surface area contributed by atoms with E-state index in [1.165, 1.54) is 22.9 Å². The number of piperidine rings is 1. The van der Waals surface area contributed by atoms with E-state index in [2.05, 4.69) is 12.2 Å². The average molecular weight is 455 g/mol. The number of esters is 1. The van der Waals surface area contributed by atoms with Crippen molar-refractivity contribution in [3.8, 4) is 0 Å². The molecule has 1 saturated carbocycles. The van der Waals surface area contributed by atoms with Crippen molar-refractivity contribution in [2.24, 2.45) is 11.8 Å². The van der Waals surface area contributed by atoms with Gasteiger partial charge in [-0.05, 0) is 62.8 Å². The Bertz CT molecular complexity index is 882. The summed E-state index contributed by atoms with van der Waals surface area (Å²) in [5.74, 6) is -1.31. The molecule has 1 N–H and O–H groups in total. The van der Waals surface area contributed by atoms with Crippen molar-refractivity contribution in [3.05, 3.63) is 30.1 Å². The normalized spacial score (nSPS) is 24.4. The van der Waals surface area contributed by atoms with E-state index in [9.17, 15) is 22.4 Å². The van der Waals surface area contributed by atoms with Crippen molar-refractivity contribution >= 4 is 21.9 Å². The summed E-state index contributed by atoms with van der Waals surface area (Å²) in [4.78, 5) is 25.0. The van der Waals surface area contributed by atoms with Crippen LogP contribution in [-0.4, -0.2) is 49.8 Å². The van der Waals surface area contributed by atoms with Crippen LogP contribution in [0.4, 0.5) is 4.39 Å². The number of hydrogen-bond acceptors (Lipinski definition) is 5. The molecule has 2 aliphatic rings. The summed E-state index contributed by atoms with van der Waals surface area (Å²) in [6.45, 7) is 4.02. The van der Waals surface area contributed by atoms with Crippen LogP contribution in [0.1, 0.15) is 52.4 Å². The molecule has 31 heavy (non-hydrogen) atoms. The van der Waals surface area contributed by atoms with Gasteiger partial charge in [0.25, 0.3) is 5.91 Å². The Kier molecular flexibility index (Phi) is 7.69. The minimum Gasteiger partial charge on any atom is -0.452 e. The highest BCUT2D eigenvalue weighted by atomic mass is 32.2. The third-order valence-electron chi connectivity index (χ3n) is 6.34. The summed E-state index contributed by atoms with van der Waals surface area (Å²) in [5.41, 5.74) is 0. The number of carbonyl (C=O) groups is 2. The van der Waals surface area contributed by atoms with Gasteiger partial charge >= 0.3 is 5.97 Å². The first-order chi connectivity index (χ1) is 14.7. The fourth-order valence-electron chi connectivity index (χ4n) is 4.24. The highest BCUT2D eigenvalue weighted by molar-refractivity contribution is 7.89. The van der Waals surface area contributed by atoms with Crippen molar-refractivity contribution in [3.63, 3.8) is 0 Å². The third kappa shape index (κ3) is 5.83. The molecule has 1 aromatic rings. The number of nitrogens with zero attached hydrogens (tertiary/aromatic N) is 1. The Labute approximate surface area is 183 Å². The van der Waals surface area contributed by atoms with Crippen LogP contribution >= 0.6 is 0 Å². The number of nitrogens with one attached hydrogen (secondary N) is 1. The molecule has 0 radical (unpaired) electrons. The Balaban J connectivity index is 1.49. The Hall–Kier alpha value is -2.00. The van der Waals surface area contributed by atoms with Crippen LogP contribution in [0.5, 0.6) is 0 Å². The first-order valence-corrected chi connectivity index (χ1v) is 12.4. The van der Waals surface area contributed by atoms with Gasteiger partial charge in [0.2, 0.25) is 10.0 Å². The summed E-state index contributed by atoms with van der Waals surface area (Å²) >= 11 is 0. The molecule has 172 valence electrons. The summed E-state index contributed by atoms with van der Waals surface area (Å²) < 4.78 is 45.1. The van der Waals surface area contributed by atoms with E-state index in [0.29, 0.717) is 18.8 Å². The number of halogens is 1. The summed E-state index contributed by atoms with van der Waals surface area (Å²) in [6, 6.07) is 4.80. The highest BCUT2D eigenvalue weighted by Crippen LogP contribution is 2.26. The molecule has 0 spiro atoms. The van der Waals surface area contributed by atoms with Crippen LogP contribution in [0.2, 0.25) is 0 Å². The first-order valence-electron chi connectivity index (χ1n) is 10.9. The van der Waals surface area contributed by atoms with Gasteiger partial charge in [0.15, 0.2) is 6.10 Å². The van der Waals surface area contributed by atoms with E-state index in [1.807, 2.05) is 0 Å². The van der Waals surface area contributed by atoms with Crippen LogP contribution in [0.25, 0.3) is 0 Å². The maximum absolute atomic E-state index is 13.1. The van der Waals surface area contributed by atoms with Crippen molar-refractivity contribution in [2.45, 2.75) is 69.4 Å². The van der Waals surface area contributed by atoms with Crippen LogP contribution in [0, 0.1) is 17.7 Å². The van der Waals surface area contributed by atoms with Crippen LogP contribution < -0.4 is 5.32 Å². The lowest BCUT2D eigenvalue weighted by Gasteiger charge is -2.32. The number of rotatable bonds is 6. The molecule has 0 bridgehead atoms. The van der Waals surface area contributed by atoms with E-state index >= 15 is 0 Å². The zero-order valence-corrected chi connectivity index (χ0v) is 18.9. The lowest BCUT2D eigenvalue weighted by Crippen LogP contribution is -2.47. The van der Waals surface area contributed by atoms with Crippen LogP contribution in [0.15, 0.2) is 29.2 Å². The van der Waals surface area contributed by atoms with Crippen molar-refractivity contribution in [1.82, 2.24) is 9.62 Å². The maximum atomic E-state index is 13.1. The van der Waals surface area contributed by atoms with E-state index < -0.39 is 33.8 Å². The monoisotopic (exact) mass is 454 g/mol. The predicted octanol–water partition coefficient (Wildman–Crippen LogP) is 2.85. The van der Waals surface area contributed by atoms with E-state index in [-0.39, 0.29) is 29.9 Å². The largest absolute Gasteiger partial charge is 0.452 e. The van der Waals surface area contributed by atoms with Crippen LogP contribution in [0.3, 0.4) is 0 Å². The molecule has 3 rings (SSSR count). The smallest absolute Gasteiger partial charge is 0.309 e. The predicted molar refractivity (Wildman–Crippen MR) is 113 cm³/mol. The zero-order chi connectivity index (χ0) is 22.6. The molecule has 2 fully saturated rings. The second-order valence-electron chi connectivity index (χ2n) is 8.59. The molecule has 1 aliphatic carbocycles. The number of ether oxygens (including phenoxy) is 1. The number of hydrogen-bond donors (Lipinski definition) is 1. The SMILES string of the molecule is C[C@H](OC(=O)C1CCN(S(=O)(=O)c2ccc(F)cc2)CC1)C(=O)N[C@H]1CCCC[C@@H]1C. The van der Waals surface area contributed by atoms with Gasteiger partial charge in [-0.25, -0.2) is 12.8 Å². The number of amides is 1. The molecule has 1 aromatic carbocycles. The minimum absolute atomic E-state index is 0.0251. The Morgan fingerprint density at radius 2 is 1.71 bits per heavy atom. The standard InChI is InChI=1S/C22H31FN2O5S/c1-15-5-3-4-6-20(15)24-21(26)16(2)30-22(27)17-11-13-25(14-12-17)31(28,29)19-9-7-18(23)8-10-19/h7-10,15-17,20H,3-6,11-14H2,1-2H3,(H,24,26)/t15-,16-,20-/m0/s1. The van der Waals surface area contributed by atoms with Gasteiger partial charge in [-0.2, -0.15) is 4.31 Å². The van der Waals surface area contributed by atoms with Crippen molar-refractivity contribution in [1.29, 1.82) is 0 Å². The van der Waals surface area contributed by atoms with Crippen LogP contribution in [-0.2, 0) is 24.3 Å². The number of carbonyl (C=O) groups excluding carboxylic acids is 2. The summed E-state index contributed by atoms with van der Waals surface area (Å²) in [5, 5.41) is 3.00. The lowest BCUT2D eigenvalue weighted by molar-refractivity contribution is -0.160. The molecule has 1 aliphatic heterocycles. The molecule has 7 nitrogen and oxygen atoms in total. The third-order valence-corrected chi connectivity index (χ3v) is 8.25. The van der Waals surface area contributed by atoms with E-state index in [4.69, 9.17) is 4.74 Å². The molecule has 0 unspecified atom stereocenters. The van der Waals surface area contributed by atoms with Gasteiger partial charge in [-0.3, -0.25) is 9.59 Å². The van der Waals surface area contributed by atoms with Gasteiger partial charge < -0.3 is 10.1 Å². The molecule has 3 atom stereocenters. The molecule has 1 amide bonds. The summed E-state index contributed by atoms with van der Waals surface area (Å²) in [7, 11) is -3.74. The molecule has 1 heterocycles. The fraction of sp³-hybridized carbons (Fsp3) is 0.636. The number of sulfonamides is 1. The van der Waals surface area contributed by atoms with Gasteiger partial charge in [0, 0.05) is 19.1 Å². The minimum atomic E-state index is -3.74. The van der Waals surface area contributed by atoms with Gasteiger partial charge in [0.05, 0.1) is 10.8 Å². The van der Waals surface area contributed by atoms with Gasteiger partial charge in [0.1, 0.15) is 5.82 Å².